The molecule has 6 heteroatoms. The molecule has 1 saturated heterocycles. The highest BCUT2D eigenvalue weighted by Gasteiger charge is 2.38. The number of rotatable bonds is 2. The van der Waals surface area contributed by atoms with E-state index >= 15 is 0 Å². The van der Waals surface area contributed by atoms with E-state index in [4.69, 9.17) is 0 Å². The van der Waals surface area contributed by atoms with E-state index in [1.807, 2.05) is 24.3 Å². The lowest BCUT2D eigenvalue weighted by atomic mass is 10.0. The van der Waals surface area contributed by atoms with Crippen LogP contribution in [0.15, 0.2) is 24.3 Å². The third kappa shape index (κ3) is 2.70. The first-order valence-electron chi connectivity index (χ1n) is 7.34. The van der Waals surface area contributed by atoms with Crippen LogP contribution < -0.4 is 4.90 Å². The Hall–Kier alpha value is -1.40. The van der Waals surface area contributed by atoms with Crippen molar-refractivity contribution >= 4 is 21.6 Å². The topological polar surface area (TPSA) is 57.7 Å². The number of amides is 1. The highest BCUT2D eigenvalue weighted by Crippen LogP contribution is 2.30. The molecule has 2 aliphatic rings. The van der Waals surface area contributed by atoms with E-state index in [9.17, 15) is 13.2 Å². The highest BCUT2D eigenvalue weighted by molar-refractivity contribution is 7.88. The fraction of sp³-hybridized carbons (Fsp3) is 0.533. The predicted octanol–water partition coefficient (Wildman–Crippen LogP) is 1.39. The van der Waals surface area contributed by atoms with Crippen LogP contribution in [-0.2, 0) is 21.2 Å². The minimum Gasteiger partial charge on any atom is -0.310 e. The molecule has 1 unspecified atom stereocenters. The van der Waals surface area contributed by atoms with Crippen LogP contribution in [0.4, 0.5) is 5.69 Å². The summed E-state index contributed by atoms with van der Waals surface area (Å²) in [5.74, 6) is -0.0786. The largest absolute Gasteiger partial charge is 0.310 e. The zero-order valence-corrected chi connectivity index (χ0v) is 13.0. The molecular formula is C15H20N2O3S. The van der Waals surface area contributed by atoms with Gasteiger partial charge in [-0.3, -0.25) is 4.79 Å². The second-order valence-corrected chi connectivity index (χ2v) is 7.69. The van der Waals surface area contributed by atoms with Gasteiger partial charge in [0.25, 0.3) is 0 Å². The van der Waals surface area contributed by atoms with Crippen molar-refractivity contribution in [3.05, 3.63) is 29.8 Å². The van der Waals surface area contributed by atoms with Crippen molar-refractivity contribution in [1.82, 2.24) is 4.31 Å². The zero-order valence-electron chi connectivity index (χ0n) is 12.2. The van der Waals surface area contributed by atoms with Crippen LogP contribution in [0.25, 0.3) is 0 Å². The van der Waals surface area contributed by atoms with Gasteiger partial charge < -0.3 is 4.90 Å². The van der Waals surface area contributed by atoms with Crippen molar-refractivity contribution < 1.29 is 13.2 Å². The lowest BCUT2D eigenvalue weighted by Gasteiger charge is -2.35. The Balaban J connectivity index is 1.88. The maximum atomic E-state index is 12.8. The first-order valence-corrected chi connectivity index (χ1v) is 9.19. The van der Waals surface area contributed by atoms with E-state index in [0.29, 0.717) is 19.5 Å². The summed E-state index contributed by atoms with van der Waals surface area (Å²) in [6.07, 6.45) is 4.37. The molecule has 1 atom stereocenters. The van der Waals surface area contributed by atoms with Crippen molar-refractivity contribution in [3.63, 3.8) is 0 Å². The van der Waals surface area contributed by atoms with Gasteiger partial charge in [0.15, 0.2) is 0 Å². The molecule has 0 spiro atoms. The van der Waals surface area contributed by atoms with Crippen molar-refractivity contribution in [2.45, 2.75) is 31.7 Å². The second-order valence-electron chi connectivity index (χ2n) is 5.75. The standard InChI is InChI=1S/C15H20N2O3S/c1-21(19,20)17-10-5-4-8-14(17)15(18)16-11-9-12-6-2-3-7-13(12)16/h2-3,6-7,14H,4-5,8-11H2,1H3. The second kappa shape index (κ2) is 5.42. The zero-order chi connectivity index (χ0) is 15.0. The molecule has 0 radical (unpaired) electrons. The minimum atomic E-state index is -3.34. The number of nitrogens with zero attached hydrogens (tertiary/aromatic N) is 2. The number of piperidine rings is 1. The third-order valence-electron chi connectivity index (χ3n) is 4.32. The highest BCUT2D eigenvalue weighted by atomic mass is 32.2. The molecule has 3 rings (SSSR count). The number of carbonyl (C=O) groups is 1. The van der Waals surface area contributed by atoms with E-state index < -0.39 is 16.1 Å². The summed E-state index contributed by atoms with van der Waals surface area (Å²) < 4.78 is 25.2. The van der Waals surface area contributed by atoms with Crippen LogP contribution in [0, 0.1) is 0 Å². The summed E-state index contributed by atoms with van der Waals surface area (Å²) in [5.41, 5.74) is 2.09. The first kappa shape index (κ1) is 14.5. The molecule has 1 amide bonds. The third-order valence-corrected chi connectivity index (χ3v) is 5.61. The maximum Gasteiger partial charge on any atom is 0.245 e. The van der Waals surface area contributed by atoms with E-state index in [0.717, 1.165) is 30.5 Å². The SMILES string of the molecule is CS(=O)(=O)N1CCCCC1C(=O)N1CCc2ccccc21. The van der Waals surface area contributed by atoms with E-state index in [1.54, 1.807) is 4.90 Å². The molecule has 0 N–H and O–H groups in total. The Kier molecular flexibility index (Phi) is 3.75. The predicted molar refractivity (Wildman–Crippen MR) is 81.7 cm³/mol. The van der Waals surface area contributed by atoms with Crippen LogP contribution >= 0.6 is 0 Å². The van der Waals surface area contributed by atoms with Gasteiger partial charge in [-0.2, -0.15) is 4.31 Å². The summed E-state index contributed by atoms with van der Waals surface area (Å²) in [4.78, 5) is 14.6. The monoisotopic (exact) mass is 308 g/mol. The summed E-state index contributed by atoms with van der Waals surface area (Å²) in [5, 5.41) is 0. The average Bonchev–Trinajstić information content (AvgIpc) is 2.89. The normalized spacial score (nSPS) is 23.1. The van der Waals surface area contributed by atoms with Gasteiger partial charge in [0, 0.05) is 18.8 Å². The fourth-order valence-corrected chi connectivity index (χ4v) is 4.41. The number of anilines is 1. The Labute approximate surface area is 125 Å². The van der Waals surface area contributed by atoms with E-state index in [2.05, 4.69) is 0 Å². The molecule has 0 saturated carbocycles. The molecule has 0 bridgehead atoms. The molecular weight excluding hydrogens is 288 g/mol. The van der Waals surface area contributed by atoms with Gasteiger partial charge in [-0.1, -0.05) is 24.6 Å². The summed E-state index contributed by atoms with van der Waals surface area (Å²) in [6, 6.07) is 7.31. The van der Waals surface area contributed by atoms with Crippen LogP contribution in [-0.4, -0.2) is 44.0 Å². The smallest absolute Gasteiger partial charge is 0.245 e. The van der Waals surface area contributed by atoms with Crippen molar-refractivity contribution in [3.8, 4) is 0 Å². The van der Waals surface area contributed by atoms with Gasteiger partial charge >= 0.3 is 0 Å². The molecule has 0 aromatic heterocycles. The maximum absolute atomic E-state index is 12.8. The Morgan fingerprint density at radius 2 is 1.95 bits per heavy atom. The van der Waals surface area contributed by atoms with E-state index in [-0.39, 0.29) is 5.91 Å². The van der Waals surface area contributed by atoms with E-state index in [1.165, 1.54) is 10.6 Å². The number of hydrogen-bond acceptors (Lipinski definition) is 3. The molecule has 114 valence electrons. The van der Waals surface area contributed by atoms with Gasteiger partial charge in [0.2, 0.25) is 15.9 Å². The van der Waals surface area contributed by atoms with Gasteiger partial charge in [0.05, 0.1) is 6.26 Å². The van der Waals surface area contributed by atoms with Crippen LogP contribution in [0.3, 0.4) is 0 Å². The molecule has 1 aromatic rings. The molecule has 5 nitrogen and oxygen atoms in total. The van der Waals surface area contributed by atoms with Crippen LogP contribution in [0.1, 0.15) is 24.8 Å². The fourth-order valence-electron chi connectivity index (χ4n) is 3.30. The van der Waals surface area contributed by atoms with Gasteiger partial charge in [0.1, 0.15) is 6.04 Å². The van der Waals surface area contributed by atoms with Gasteiger partial charge in [-0.05, 0) is 30.9 Å². The number of sulfonamides is 1. The molecule has 0 aliphatic carbocycles. The molecule has 1 fully saturated rings. The van der Waals surface area contributed by atoms with Crippen LogP contribution in [0.5, 0.6) is 0 Å². The molecule has 1 aromatic carbocycles. The number of fused-ring (bicyclic) bond motifs is 1. The number of carbonyl (C=O) groups excluding carboxylic acids is 1. The summed E-state index contributed by atoms with van der Waals surface area (Å²) in [7, 11) is -3.34. The number of benzene rings is 1. The lowest BCUT2D eigenvalue weighted by Crippen LogP contribution is -2.52. The van der Waals surface area contributed by atoms with Crippen molar-refractivity contribution in [2.75, 3.05) is 24.2 Å². The number of hydrogen-bond donors (Lipinski definition) is 0. The molecule has 2 heterocycles. The quantitative estimate of drug-likeness (QED) is 0.829. The summed E-state index contributed by atoms with van der Waals surface area (Å²) >= 11 is 0. The minimum absolute atomic E-state index is 0.0786. The Morgan fingerprint density at radius 3 is 2.71 bits per heavy atom. The van der Waals surface area contributed by atoms with Crippen LogP contribution in [0.2, 0.25) is 0 Å². The summed E-state index contributed by atoms with van der Waals surface area (Å²) in [6.45, 7) is 1.09. The van der Waals surface area contributed by atoms with Crippen molar-refractivity contribution in [2.24, 2.45) is 0 Å². The average molecular weight is 308 g/mol. The van der Waals surface area contributed by atoms with Gasteiger partial charge in [-0.15, -0.1) is 0 Å². The molecule has 2 aliphatic heterocycles. The molecule has 21 heavy (non-hydrogen) atoms. The number of para-hydroxylation sites is 1. The Morgan fingerprint density at radius 1 is 1.19 bits per heavy atom. The lowest BCUT2D eigenvalue weighted by molar-refractivity contribution is -0.123. The van der Waals surface area contributed by atoms with Crippen molar-refractivity contribution in [1.29, 1.82) is 0 Å². The van der Waals surface area contributed by atoms with Gasteiger partial charge in [-0.25, -0.2) is 8.42 Å². The first-order chi connectivity index (χ1) is 9.98. The Bertz CT molecular complexity index is 657.